The van der Waals surface area contributed by atoms with Gasteiger partial charge < -0.3 is 15.8 Å². The first-order chi connectivity index (χ1) is 9.65. The van der Waals surface area contributed by atoms with Crippen LogP contribution in [0, 0.1) is 0 Å². The van der Waals surface area contributed by atoms with Crippen molar-refractivity contribution < 1.29 is 9.53 Å². The second kappa shape index (κ2) is 5.42. The number of methoxy groups -OCH3 is 1. The van der Waals surface area contributed by atoms with E-state index >= 15 is 0 Å². The molecule has 1 heterocycles. The van der Waals surface area contributed by atoms with Crippen LogP contribution >= 0.6 is 11.3 Å². The first kappa shape index (κ1) is 13.4. The molecule has 0 spiro atoms. The summed E-state index contributed by atoms with van der Waals surface area (Å²) in [5.74, 6) is 0.00604. The highest BCUT2D eigenvalue weighted by Crippen LogP contribution is 2.28. The minimum absolute atomic E-state index is 0.00604. The van der Waals surface area contributed by atoms with Gasteiger partial charge in [-0.05, 0) is 48.9 Å². The second-order valence-corrected chi connectivity index (χ2v) is 6.33. The molecule has 1 aliphatic rings. The van der Waals surface area contributed by atoms with Gasteiger partial charge in [-0.1, -0.05) is 0 Å². The molecule has 0 saturated heterocycles. The van der Waals surface area contributed by atoms with Crippen LogP contribution < -0.4 is 11.1 Å². The van der Waals surface area contributed by atoms with E-state index in [1.165, 1.54) is 11.3 Å². The molecule has 4 nitrogen and oxygen atoms in total. The number of amides is 1. The Hall–Kier alpha value is -1.59. The van der Waals surface area contributed by atoms with Gasteiger partial charge in [0.05, 0.1) is 11.0 Å². The molecule has 3 rings (SSSR count). The second-order valence-electron chi connectivity index (χ2n) is 5.25. The molecule has 0 bridgehead atoms. The van der Waals surface area contributed by atoms with Crippen molar-refractivity contribution in [2.24, 2.45) is 0 Å². The maximum atomic E-state index is 12.3. The maximum Gasteiger partial charge on any atom is 0.261 e. The number of nitrogens with one attached hydrogen (secondary N) is 1. The summed E-state index contributed by atoms with van der Waals surface area (Å²) in [7, 11) is 1.73. The van der Waals surface area contributed by atoms with Gasteiger partial charge in [0.2, 0.25) is 0 Å². The molecule has 0 aliphatic heterocycles. The zero-order valence-electron chi connectivity index (χ0n) is 11.4. The number of benzene rings is 1. The first-order valence-corrected chi connectivity index (χ1v) is 7.60. The highest BCUT2D eigenvalue weighted by molar-refractivity contribution is 7.20. The van der Waals surface area contributed by atoms with Crippen LogP contribution in [-0.2, 0) is 4.74 Å². The molecule has 1 saturated carbocycles. The number of carbonyl (C=O) groups is 1. The Morgan fingerprint density at radius 2 is 2.25 bits per heavy atom. The lowest BCUT2D eigenvalue weighted by atomic mass is 10.2. The fourth-order valence-corrected chi connectivity index (χ4v) is 3.66. The Morgan fingerprint density at radius 3 is 3.00 bits per heavy atom. The Balaban J connectivity index is 1.72. The van der Waals surface area contributed by atoms with Crippen molar-refractivity contribution in [1.82, 2.24) is 5.32 Å². The third-order valence-electron chi connectivity index (χ3n) is 3.82. The van der Waals surface area contributed by atoms with Crippen molar-refractivity contribution in [2.75, 3.05) is 12.8 Å². The predicted octanol–water partition coefficient (Wildman–Crippen LogP) is 2.78. The average Bonchev–Trinajstić information content (AvgIpc) is 3.04. The number of fused-ring (bicyclic) bond motifs is 1. The molecule has 1 aromatic carbocycles. The quantitative estimate of drug-likeness (QED) is 0.854. The average molecular weight is 290 g/mol. The van der Waals surface area contributed by atoms with Crippen LogP contribution in [0.4, 0.5) is 5.69 Å². The summed E-state index contributed by atoms with van der Waals surface area (Å²) in [5.41, 5.74) is 6.49. The minimum atomic E-state index is 0.00604. The minimum Gasteiger partial charge on any atom is -0.399 e. The van der Waals surface area contributed by atoms with E-state index < -0.39 is 0 Å². The summed E-state index contributed by atoms with van der Waals surface area (Å²) in [6.07, 6.45) is 3.19. The molecule has 1 amide bonds. The lowest BCUT2D eigenvalue weighted by Crippen LogP contribution is -2.32. The molecular weight excluding hydrogens is 272 g/mol. The van der Waals surface area contributed by atoms with E-state index in [2.05, 4.69) is 5.32 Å². The van der Waals surface area contributed by atoms with E-state index in [9.17, 15) is 4.79 Å². The monoisotopic (exact) mass is 290 g/mol. The normalized spacial score (nSPS) is 22.2. The number of nitrogens with two attached hydrogens (primary N) is 1. The molecule has 1 aliphatic carbocycles. The Bertz CT molecular complexity index is 638. The largest absolute Gasteiger partial charge is 0.399 e. The van der Waals surface area contributed by atoms with Gasteiger partial charge in [-0.2, -0.15) is 0 Å². The number of rotatable bonds is 3. The van der Waals surface area contributed by atoms with Crippen molar-refractivity contribution >= 4 is 33.0 Å². The van der Waals surface area contributed by atoms with E-state index in [0.717, 1.165) is 39.9 Å². The van der Waals surface area contributed by atoms with Crippen LogP contribution in [0.2, 0.25) is 0 Å². The van der Waals surface area contributed by atoms with E-state index in [4.69, 9.17) is 10.5 Å². The number of carbonyl (C=O) groups excluding carboxylic acids is 1. The Morgan fingerprint density at radius 1 is 1.40 bits per heavy atom. The number of anilines is 1. The van der Waals surface area contributed by atoms with Gasteiger partial charge in [-0.15, -0.1) is 11.3 Å². The van der Waals surface area contributed by atoms with Crippen molar-refractivity contribution in [3.63, 3.8) is 0 Å². The van der Waals surface area contributed by atoms with Gasteiger partial charge >= 0.3 is 0 Å². The van der Waals surface area contributed by atoms with Gasteiger partial charge in [0.25, 0.3) is 5.91 Å². The molecule has 2 unspecified atom stereocenters. The SMILES string of the molecule is COC1CCC(NC(=O)c2cc3cc(N)ccc3s2)C1. The first-order valence-electron chi connectivity index (χ1n) is 6.78. The fraction of sp³-hybridized carbons (Fsp3) is 0.400. The van der Waals surface area contributed by atoms with Crippen LogP contribution in [0.5, 0.6) is 0 Å². The standard InChI is InChI=1S/C15H18N2O2S/c1-19-12-4-3-11(8-12)17-15(18)14-7-9-6-10(16)2-5-13(9)20-14/h2,5-7,11-12H,3-4,8,16H2,1H3,(H,17,18). The van der Waals surface area contributed by atoms with Gasteiger partial charge in [-0.25, -0.2) is 0 Å². The third-order valence-corrected chi connectivity index (χ3v) is 4.93. The third kappa shape index (κ3) is 2.64. The summed E-state index contributed by atoms with van der Waals surface area (Å²) in [6, 6.07) is 7.86. The summed E-state index contributed by atoms with van der Waals surface area (Å²) in [4.78, 5) is 13.0. The van der Waals surface area contributed by atoms with Crippen LogP contribution in [-0.4, -0.2) is 25.2 Å². The highest BCUT2D eigenvalue weighted by atomic mass is 32.1. The van der Waals surface area contributed by atoms with Crippen LogP contribution in [0.1, 0.15) is 28.9 Å². The molecule has 106 valence electrons. The fourth-order valence-electron chi connectivity index (χ4n) is 2.72. The van der Waals surface area contributed by atoms with Gasteiger partial charge in [0.1, 0.15) is 0 Å². The lowest BCUT2D eigenvalue weighted by Gasteiger charge is -2.11. The van der Waals surface area contributed by atoms with Gasteiger partial charge in [-0.3, -0.25) is 4.79 Å². The predicted molar refractivity (Wildman–Crippen MR) is 82.1 cm³/mol. The van der Waals surface area contributed by atoms with Crippen molar-refractivity contribution in [2.45, 2.75) is 31.4 Å². The summed E-state index contributed by atoms with van der Waals surface area (Å²) >= 11 is 1.51. The highest BCUT2D eigenvalue weighted by Gasteiger charge is 2.26. The number of hydrogen-bond donors (Lipinski definition) is 2. The Labute approximate surface area is 121 Å². The van der Waals surface area contributed by atoms with E-state index in [1.54, 1.807) is 7.11 Å². The van der Waals surface area contributed by atoms with Gasteiger partial charge in [0, 0.05) is 23.5 Å². The molecular formula is C15H18N2O2S. The molecule has 1 aromatic heterocycles. The summed E-state index contributed by atoms with van der Waals surface area (Å²) < 4.78 is 6.42. The van der Waals surface area contributed by atoms with Crippen LogP contribution in [0.3, 0.4) is 0 Å². The molecule has 20 heavy (non-hydrogen) atoms. The number of ether oxygens (including phenoxy) is 1. The van der Waals surface area contributed by atoms with E-state index in [0.29, 0.717) is 0 Å². The number of hydrogen-bond acceptors (Lipinski definition) is 4. The van der Waals surface area contributed by atoms with E-state index in [1.807, 2.05) is 24.3 Å². The maximum absolute atomic E-state index is 12.3. The van der Waals surface area contributed by atoms with E-state index in [-0.39, 0.29) is 18.1 Å². The zero-order valence-corrected chi connectivity index (χ0v) is 12.2. The zero-order chi connectivity index (χ0) is 14.1. The molecule has 2 atom stereocenters. The van der Waals surface area contributed by atoms with Crippen LogP contribution in [0.15, 0.2) is 24.3 Å². The molecule has 2 aromatic rings. The molecule has 3 N–H and O–H groups in total. The summed E-state index contributed by atoms with van der Waals surface area (Å²) in [6.45, 7) is 0. The molecule has 5 heteroatoms. The van der Waals surface area contributed by atoms with Crippen molar-refractivity contribution in [3.8, 4) is 0 Å². The topological polar surface area (TPSA) is 64.3 Å². The van der Waals surface area contributed by atoms with Gasteiger partial charge in [0.15, 0.2) is 0 Å². The lowest BCUT2D eigenvalue weighted by molar-refractivity contribution is 0.0918. The number of nitrogen functional groups attached to an aromatic ring is 1. The smallest absolute Gasteiger partial charge is 0.261 e. The van der Waals surface area contributed by atoms with Crippen molar-refractivity contribution in [3.05, 3.63) is 29.1 Å². The Kier molecular flexibility index (Phi) is 3.63. The summed E-state index contributed by atoms with van der Waals surface area (Å²) in [5, 5.41) is 4.12. The van der Waals surface area contributed by atoms with Crippen molar-refractivity contribution in [1.29, 1.82) is 0 Å². The number of thiophene rings is 1. The molecule has 0 radical (unpaired) electrons. The van der Waals surface area contributed by atoms with Crippen LogP contribution in [0.25, 0.3) is 10.1 Å². The molecule has 1 fully saturated rings.